The van der Waals surface area contributed by atoms with E-state index in [1.165, 1.54) is 0 Å². The highest BCUT2D eigenvalue weighted by Gasteiger charge is 2.15. The molecule has 2 rings (SSSR count). The Hall–Kier alpha value is -2.58. The number of amides is 2. The van der Waals surface area contributed by atoms with Crippen molar-refractivity contribution in [3.05, 3.63) is 57.6 Å². The number of carbonyl (C=O) groups is 2. The lowest BCUT2D eigenvalue weighted by atomic mass is 10.0. The smallest absolute Gasteiger partial charge is 0.276 e. The van der Waals surface area contributed by atoms with Gasteiger partial charge in [-0.25, -0.2) is 0 Å². The first-order chi connectivity index (χ1) is 14.3. The number of ether oxygens (including phenoxy) is 3. The highest BCUT2D eigenvalue weighted by atomic mass is 79.9. The second kappa shape index (κ2) is 11.6. The topological polar surface area (TPSA) is 85.9 Å². The van der Waals surface area contributed by atoms with Crippen molar-refractivity contribution in [2.45, 2.75) is 26.7 Å². The Morgan fingerprint density at radius 2 is 1.77 bits per heavy atom. The van der Waals surface area contributed by atoms with E-state index < -0.39 is 11.8 Å². The molecule has 0 unspecified atom stereocenters. The van der Waals surface area contributed by atoms with Gasteiger partial charge in [-0.05, 0) is 48.2 Å². The van der Waals surface area contributed by atoms with Crippen LogP contribution in [0.4, 0.5) is 0 Å². The van der Waals surface area contributed by atoms with Crippen molar-refractivity contribution in [3.8, 4) is 11.5 Å². The van der Waals surface area contributed by atoms with Gasteiger partial charge in [-0.15, -0.1) is 0 Å². The van der Waals surface area contributed by atoms with Gasteiger partial charge in [0, 0.05) is 11.6 Å². The molecule has 0 saturated carbocycles. The SMILES string of the molecule is COCCOc1ccc(Br)cc1C(=O)NNC(=O)COc1cc(C)ccc1C(C)C. The zero-order chi connectivity index (χ0) is 22.1. The molecule has 0 aliphatic heterocycles. The Balaban J connectivity index is 1.95. The number of rotatable bonds is 9. The molecular weight excluding hydrogens is 452 g/mol. The molecule has 0 aromatic heterocycles. The Labute approximate surface area is 185 Å². The quantitative estimate of drug-likeness (QED) is 0.423. The molecule has 162 valence electrons. The summed E-state index contributed by atoms with van der Waals surface area (Å²) in [6, 6.07) is 10.9. The molecule has 0 saturated heterocycles. The normalized spacial score (nSPS) is 10.6. The predicted octanol–water partition coefficient (Wildman–Crippen LogP) is 3.75. The number of hydrogen-bond acceptors (Lipinski definition) is 5. The van der Waals surface area contributed by atoms with Crippen LogP contribution in [0.5, 0.6) is 11.5 Å². The summed E-state index contributed by atoms with van der Waals surface area (Å²) < 4.78 is 16.9. The van der Waals surface area contributed by atoms with E-state index >= 15 is 0 Å². The first-order valence-electron chi connectivity index (χ1n) is 9.55. The molecule has 0 aliphatic carbocycles. The van der Waals surface area contributed by atoms with Crippen LogP contribution in [0.15, 0.2) is 40.9 Å². The summed E-state index contributed by atoms with van der Waals surface area (Å²) >= 11 is 3.33. The number of carbonyl (C=O) groups excluding carboxylic acids is 2. The van der Waals surface area contributed by atoms with Crippen LogP contribution in [0.3, 0.4) is 0 Å². The van der Waals surface area contributed by atoms with Crippen LogP contribution in [-0.4, -0.2) is 38.7 Å². The Kier molecular flexibility index (Phi) is 9.14. The number of nitrogens with one attached hydrogen (secondary N) is 2. The van der Waals surface area contributed by atoms with Crippen LogP contribution in [0.1, 0.15) is 41.3 Å². The lowest BCUT2D eigenvalue weighted by molar-refractivity contribution is -0.123. The van der Waals surface area contributed by atoms with Gasteiger partial charge in [-0.2, -0.15) is 0 Å². The summed E-state index contributed by atoms with van der Waals surface area (Å²) in [6.45, 7) is 6.54. The molecule has 0 spiro atoms. The number of methoxy groups -OCH3 is 1. The molecule has 0 fully saturated rings. The third-order valence-corrected chi connectivity index (χ3v) is 4.69. The van der Waals surface area contributed by atoms with Crippen molar-refractivity contribution in [1.29, 1.82) is 0 Å². The van der Waals surface area contributed by atoms with Crippen LogP contribution in [0.2, 0.25) is 0 Å². The maximum absolute atomic E-state index is 12.5. The second-order valence-corrected chi connectivity index (χ2v) is 7.88. The molecule has 7 nitrogen and oxygen atoms in total. The van der Waals surface area contributed by atoms with Gasteiger partial charge in [0.05, 0.1) is 12.2 Å². The first kappa shape index (κ1) is 23.7. The number of benzene rings is 2. The van der Waals surface area contributed by atoms with Crippen molar-refractivity contribution in [3.63, 3.8) is 0 Å². The van der Waals surface area contributed by atoms with Crippen molar-refractivity contribution in [1.82, 2.24) is 10.9 Å². The van der Waals surface area contributed by atoms with Crippen molar-refractivity contribution in [2.75, 3.05) is 26.9 Å². The minimum absolute atomic E-state index is 0.223. The third kappa shape index (κ3) is 7.03. The lowest BCUT2D eigenvalue weighted by Crippen LogP contribution is -2.44. The summed E-state index contributed by atoms with van der Waals surface area (Å²) in [4.78, 5) is 24.7. The zero-order valence-corrected chi connectivity index (χ0v) is 19.2. The molecule has 8 heteroatoms. The molecule has 2 amide bonds. The summed E-state index contributed by atoms with van der Waals surface area (Å²) in [6.07, 6.45) is 0. The van der Waals surface area contributed by atoms with E-state index in [1.807, 2.05) is 25.1 Å². The van der Waals surface area contributed by atoms with Crippen LogP contribution >= 0.6 is 15.9 Å². The molecule has 0 heterocycles. The Morgan fingerprint density at radius 3 is 2.47 bits per heavy atom. The number of aryl methyl sites for hydroxylation is 1. The summed E-state index contributed by atoms with van der Waals surface area (Å²) in [5.41, 5.74) is 7.10. The van der Waals surface area contributed by atoms with E-state index in [1.54, 1.807) is 25.3 Å². The molecule has 2 aromatic carbocycles. The van der Waals surface area contributed by atoms with E-state index in [0.29, 0.717) is 29.2 Å². The maximum Gasteiger partial charge on any atom is 0.276 e. The Morgan fingerprint density at radius 1 is 1.00 bits per heavy atom. The van der Waals surface area contributed by atoms with E-state index in [2.05, 4.69) is 40.6 Å². The monoisotopic (exact) mass is 478 g/mol. The highest BCUT2D eigenvalue weighted by Crippen LogP contribution is 2.27. The summed E-state index contributed by atoms with van der Waals surface area (Å²) in [7, 11) is 1.57. The average Bonchev–Trinajstić information content (AvgIpc) is 2.71. The first-order valence-corrected chi connectivity index (χ1v) is 10.3. The van der Waals surface area contributed by atoms with E-state index in [0.717, 1.165) is 11.1 Å². The van der Waals surface area contributed by atoms with Crippen LogP contribution < -0.4 is 20.3 Å². The van der Waals surface area contributed by atoms with Crippen LogP contribution in [0, 0.1) is 6.92 Å². The van der Waals surface area contributed by atoms with Gasteiger partial charge in [0.25, 0.3) is 11.8 Å². The predicted molar refractivity (Wildman–Crippen MR) is 118 cm³/mol. The minimum Gasteiger partial charge on any atom is -0.490 e. The van der Waals surface area contributed by atoms with Crippen molar-refractivity contribution < 1.29 is 23.8 Å². The second-order valence-electron chi connectivity index (χ2n) is 6.97. The average molecular weight is 479 g/mol. The van der Waals surface area contributed by atoms with Gasteiger partial charge < -0.3 is 14.2 Å². The van der Waals surface area contributed by atoms with E-state index in [4.69, 9.17) is 14.2 Å². The van der Waals surface area contributed by atoms with E-state index in [9.17, 15) is 9.59 Å². The molecule has 0 radical (unpaired) electrons. The molecule has 30 heavy (non-hydrogen) atoms. The maximum atomic E-state index is 12.5. The summed E-state index contributed by atoms with van der Waals surface area (Å²) in [5.74, 6) is 0.329. The molecule has 2 N–H and O–H groups in total. The zero-order valence-electron chi connectivity index (χ0n) is 17.6. The fourth-order valence-electron chi connectivity index (χ4n) is 2.66. The lowest BCUT2D eigenvalue weighted by Gasteiger charge is -2.15. The fourth-order valence-corrected chi connectivity index (χ4v) is 3.02. The van der Waals surface area contributed by atoms with Gasteiger partial charge in [0.15, 0.2) is 6.61 Å². The third-order valence-electron chi connectivity index (χ3n) is 4.20. The standard InChI is InChI=1S/C22H27BrN2O5/c1-14(2)17-7-5-15(3)11-20(17)30-13-21(26)24-25-22(27)18-12-16(23)6-8-19(18)29-10-9-28-4/h5-8,11-12,14H,9-10,13H2,1-4H3,(H,24,26)(H,25,27). The largest absolute Gasteiger partial charge is 0.490 e. The number of halogens is 1. The highest BCUT2D eigenvalue weighted by molar-refractivity contribution is 9.10. The molecule has 0 atom stereocenters. The molecule has 0 aliphatic rings. The number of hydrazine groups is 1. The molecule has 2 aromatic rings. The van der Waals surface area contributed by atoms with Gasteiger partial charge in [0.1, 0.15) is 18.1 Å². The van der Waals surface area contributed by atoms with Gasteiger partial charge in [-0.1, -0.05) is 41.9 Å². The minimum atomic E-state index is -0.504. The van der Waals surface area contributed by atoms with Gasteiger partial charge >= 0.3 is 0 Å². The van der Waals surface area contributed by atoms with E-state index in [-0.39, 0.29) is 18.1 Å². The molecular formula is C22H27BrN2O5. The van der Waals surface area contributed by atoms with Crippen molar-refractivity contribution in [2.24, 2.45) is 0 Å². The Bertz CT molecular complexity index is 886. The van der Waals surface area contributed by atoms with Gasteiger partial charge in [-0.3, -0.25) is 20.4 Å². The fraction of sp³-hybridized carbons (Fsp3) is 0.364. The van der Waals surface area contributed by atoms with Crippen LogP contribution in [-0.2, 0) is 9.53 Å². The van der Waals surface area contributed by atoms with Crippen LogP contribution in [0.25, 0.3) is 0 Å². The number of hydrogen-bond donors (Lipinski definition) is 2. The summed E-state index contributed by atoms with van der Waals surface area (Å²) in [5, 5.41) is 0. The van der Waals surface area contributed by atoms with Crippen molar-refractivity contribution >= 4 is 27.7 Å². The molecule has 0 bridgehead atoms. The van der Waals surface area contributed by atoms with Gasteiger partial charge in [0.2, 0.25) is 0 Å².